The van der Waals surface area contributed by atoms with E-state index in [1.54, 1.807) is 21.3 Å². The molecule has 0 radical (unpaired) electrons. The van der Waals surface area contributed by atoms with Gasteiger partial charge in [-0.2, -0.15) is 0 Å². The lowest BCUT2D eigenvalue weighted by Gasteiger charge is -2.33. The first-order chi connectivity index (χ1) is 13.6. The Bertz CT molecular complexity index is 659. The number of esters is 1. The van der Waals surface area contributed by atoms with E-state index in [4.69, 9.17) is 23.9 Å². The largest absolute Gasteiger partial charge is 0.493 e. The van der Waals surface area contributed by atoms with E-state index in [1.807, 2.05) is 19.1 Å². The number of hydrogen-bond donors (Lipinski definition) is 1. The Morgan fingerprint density at radius 2 is 1.71 bits per heavy atom. The maximum absolute atomic E-state index is 11.7. The number of carbonyl (C=O) groups is 1. The second kappa shape index (κ2) is 10.6. The van der Waals surface area contributed by atoms with E-state index < -0.39 is 0 Å². The first-order valence-corrected chi connectivity index (χ1v) is 9.47. The van der Waals surface area contributed by atoms with Crippen molar-refractivity contribution < 1.29 is 23.7 Å². The average molecular weight is 393 g/mol. The molecule has 0 spiro atoms. The molecule has 8 heteroatoms. The second-order valence-electron chi connectivity index (χ2n) is 6.49. The zero-order valence-electron chi connectivity index (χ0n) is 17.4. The smallest absolute Gasteiger partial charge is 0.308 e. The normalized spacial score (nSPS) is 15.2. The number of likely N-dealkylation sites (tertiary alicyclic amines) is 1. The van der Waals surface area contributed by atoms with Gasteiger partial charge in [0.25, 0.3) is 0 Å². The van der Waals surface area contributed by atoms with Crippen LogP contribution in [-0.2, 0) is 16.1 Å². The Balaban J connectivity index is 2.14. The average Bonchev–Trinajstić information content (AvgIpc) is 2.75. The highest BCUT2D eigenvalue weighted by Crippen LogP contribution is 2.38. The molecule has 1 aliphatic rings. The first kappa shape index (κ1) is 21.7. The van der Waals surface area contributed by atoms with E-state index in [0.717, 1.165) is 44.0 Å². The number of guanidine groups is 1. The minimum absolute atomic E-state index is 0.0285. The monoisotopic (exact) mass is 393 g/mol. The van der Waals surface area contributed by atoms with Gasteiger partial charge in [0.2, 0.25) is 5.75 Å². The molecule has 1 N–H and O–H groups in total. The van der Waals surface area contributed by atoms with Gasteiger partial charge in [-0.15, -0.1) is 0 Å². The standard InChI is InChI=1S/C20H31N3O5/c1-6-21-20(23-9-7-15(8-10-23)19(24)28-5)22-13-14-11-16(25-2)18(27-4)17(12-14)26-3/h11-12,15H,6-10,13H2,1-5H3,(H,21,22). The number of nitrogens with one attached hydrogen (secondary N) is 1. The number of rotatable bonds is 7. The van der Waals surface area contributed by atoms with Crippen LogP contribution in [0.3, 0.4) is 0 Å². The Hall–Kier alpha value is -2.64. The lowest BCUT2D eigenvalue weighted by Crippen LogP contribution is -2.46. The predicted octanol–water partition coefficient (Wildman–Crippen LogP) is 2.06. The van der Waals surface area contributed by atoms with Crippen molar-refractivity contribution in [2.75, 3.05) is 48.1 Å². The van der Waals surface area contributed by atoms with Crippen molar-refractivity contribution in [2.45, 2.75) is 26.3 Å². The van der Waals surface area contributed by atoms with E-state index in [1.165, 1.54) is 7.11 Å². The summed E-state index contributed by atoms with van der Waals surface area (Å²) in [4.78, 5) is 18.7. The number of nitrogens with zero attached hydrogens (tertiary/aromatic N) is 2. The Morgan fingerprint density at radius 3 is 2.18 bits per heavy atom. The van der Waals surface area contributed by atoms with Gasteiger partial charge in [-0.3, -0.25) is 4.79 Å². The summed E-state index contributed by atoms with van der Waals surface area (Å²) in [6.07, 6.45) is 1.53. The Morgan fingerprint density at radius 1 is 1.11 bits per heavy atom. The van der Waals surface area contributed by atoms with E-state index in [0.29, 0.717) is 23.8 Å². The molecule has 0 aromatic heterocycles. The van der Waals surface area contributed by atoms with Crippen molar-refractivity contribution >= 4 is 11.9 Å². The van der Waals surface area contributed by atoms with Crippen LogP contribution in [0.2, 0.25) is 0 Å². The maximum atomic E-state index is 11.7. The predicted molar refractivity (Wildman–Crippen MR) is 107 cm³/mol. The number of benzene rings is 1. The fourth-order valence-corrected chi connectivity index (χ4v) is 3.31. The molecule has 1 fully saturated rings. The van der Waals surface area contributed by atoms with E-state index in [9.17, 15) is 4.79 Å². The van der Waals surface area contributed by atoms with E-state index in [-0.39, 0.29) is 11.9 Å². The van der Waals surface area contributed by atoms with Crippen molar-refractivity contribution in [2.24, 2.45) is 10.9 Å². The summed E-state index contributed by atoms with van der Waals surface area (Å²) in [6.45, 7) is 4.80. The summed E-state index contributed by atoms with van der Waals surface area (Å²) < 4.78 is 21.1. The third kappa shape index (κ3) is 5.21. The molecule has 1 saturated heterocycles. The van der Waals surface area contributed by atoms with Crippen molar-refractivity contribution in [3.63, 3.8) is 0 Å². The molecular weight excluding hydrogens is 362 g/mol. The lowest BCUT2D eigenvalue weighted by molar-refractivity contribution is -0.146. The minimum atomic E-state index is -0.126. The fraction of sp³-hybridized carbons (Fsp3) is 0.600. The number of hydrogen-bond acceptors (Lipinski definition) is 6. The third-order valence-electron chi connectivity index (χ3n) is 4.80. The molecule has 0 atom stereocenters. The quantitative estimate of drug-likeness (QED) is 0.431. The van der Waals surface area contributed by atoms with Gasteiger partial charge in [-0.25, -0.2) is 4.99 Å². The molecule has 0 unspecified atom stereocenters. The Labute approximate surface area is 166 Å². The van der Waals surface area contributed by atoms with Crippen LogP contribution < -0.4 is 19.5 Å². The topological polar surface area (TPSA) is 81.6 Å². The van der Waals surface area contributed by atoms with Gasteiger partial charge in [0, 0.05) is 19.6 Å². The molecule has 0 bridgehead atoms. The van der Waals surface area contributed by atoms with Crippen LogP contribution >= 0.6 is 0 Å². The number of methoxy groups -OCH3 is 4. The van der Waals surface area contributed by atoms with Gasteiger partial charge < -0.3 is 29.2 Å². The summed E-state index contributed by atoms with van der Waals surface area (Å²) in [5.74, 6) is 2.46. The van der Waals surface area contributed by atoms with Gasteiger partial charge in [-0.1, -0.05) is 0 Å². The zero-order chi connectivity index (χ0) is 20.5. The molecular formula is C20H31N3O5. The molecule has 1 aromatic carbocycles. The summed E-state index contributed by atoms with van der Waals surface area (Å²) in [6, 6.07) is 3.80. The van der Waals surface area contributed by atoms with Gasteiger partial charge in [-0.05, 0) is 37.5 Å². The molecule has 2 rings (SSSR count). The first-order valence-electron chi connectivity index (χ1n) is 9.47. The van der Waals surface area contributed by atoms with Crippen LogP contribution in [0.1, 0.15) is 25.3 Å². The van der Waals surface area contributed by atoms with Crippen molar-refractivity contribution in [3.05, 3.63) is 17.7 Å². The van der Waals surface area contributed by atoms with Gasteiger partial charge >= 0.3 is 5.97 Å². The van der Waals surface area contributed by atoms with Gasteiger partial charge in [0.1, 0.15) is 0 Å². The van der Waals surface area contributed by atoms with Gasteiger partial charge in [0.05, 0.1) is 40.9 Å². The summed E-state index contributed by atoms with van der Waals surface area (Å²) in [5, 5.41) is 3.33. The van der Waals surface area contributed by atoms with Crippen LogP contribution in [0.5, 0.6) is 17.2 Å². The SMILES string of the molecule is CCNC(=NCc1cc(OC)c(OC)c(OC)c1)N1CCC(C(=O)OC)CC1. The number of aliphatic imine (C=N–C) groups is 1. The highest BCUT2D eigenvalue weighted by atomic mass is 16.5. The van der Waals surface area contributed by atoms with Crippen LogP contribution in [0, 0.1) is 5.92 Å². The molecule has 1 heterocycles. The summed E-state index contributed by atoms with van der Waals surface area (Å²) in [7, 11) is 6.22. The van der Waals surface area contributed by atoms with Gasteiger partial charge in [0.15, 0.2) is 17.5 Å². The molecule has 1 aliphatic heterocycles. The molecule has 0 amide bonds. The summed E-state index contributed by atoms with van der Waals surface area (Å²) in [5.41, 5.74) is 0.953. The highest BCUT2D eigenvalue weighted by Gasteiger charge is 2.27. The minimum Gasteiger partial charge on any atom is -0.493 e. The van der Waals surface area contributed by atoms with Crippen molar-refractivity contribution in [1.29, 1.82) is 0 Å². The van der Waals surface area contributed by atoms with Crippen molar-refractivity contribution in [3.8, 4) is 17.2 Å². The number of ether oxygens (including phenoxy) is 4. The summed E-state index contributed by atoms with van der Waals surface area (Å²) >= 11 is 0. The lowest BCUT2D eigenvalue weighted by atomic mass is 9.97. The van der Waals surface area contributed by atoms with Crippen molar-refractivity contribution in [1.82, 2.24) is 10.2 Å². The molecule has 0 aliphatic carbocycles. The van der Waals surface area contributed by atoms with E-state index in [2.05, 4.69) is 10.2 Å². The fourth-order valence-electron chi connectivity index (χ4n) is 3.31. The maximum Gasteiger partial charge on any atom is 0.308 e. The third-order valence-corrected chi connectivity index (χ3v) is 4.80. The molecule has 8 nitrogen and oxygen atoms in total. The van der Waals surface area contributed by atoms with Crippen LogP contribution in [0.15, 0.2) is 17.1 Å². The zero-order valence-corrected chi connectivity index (χ0v) is 17.4. The van der Waals surface area contributed by atoms with Crippen LogP contribution in [-0.4, -0.2) is 64.9 Å². The second-order valence-corrected chi connectivity index (χ2v) is 6.49. The molecule has 0 saturated carbocycles. The molecule has 156 valence electrons. The molecule has 28 heavy (non-hydrogen) atoms. The van der Waals surface area contributed by atoms with Crippen LogP contribution in [0.25, 0.3) is 0 Å². The molecule has 1 aromatic rings. The number of piperidine rings is 1. The van der Waals surface area contributed by atoms with Crippen LogP contribution in [0.4, 0.5) is 0 Å². The highest BCUT2D eigenvalue weighted by molar-refractivity contribution is 5.80. The Kier molecular flexibility index (Phi) is 8.22. The van der Waals surface area contributed by atoms with E-state index >= 15 is 0 Å². The number of carbonyl (C=O) groups excluding carboxylic acids is 1.